The number of carbonyl (C=O) groups excluding carboxylic acids is 3. The van der Waals surface area contributed by atoms with Crippen LogP contribution < -0.4 is 15.0 Å². The number of carbonyl (C=O) groups is 3. The molecule has 1 aliphatic heterocycles. The number of amides is 1. The average Bonchev–Trinajstić information content (AvgIpc) is 3.36. The van der Waals surface area contributed by atoms with Crippen molar-refractivity contribution < 1.29 is 32.3 Å². The number of nitrogens with one attached hydrogen (secondary N) is 1. The van der Waals surface area contributed by atoms with Gasteiger partial charge >= 0.3 is 5.97 Å². The molecule has 1 heterocycles. The van der Waals surface area contributed by atoms with Gasteiger partial charge in [0.25, 0.3) is 5.91 Å². The van der Waals surface area contributed by atoms with Gasteiger partial charge < -0.3 is 15.0 Å². The molecule has 0 saturated heterocycles. The monoisotopic (exact) mass is 514 g/mol. The van der Waals surface area contributed by atoms with E-state index in [0.29, 0.717) is 5.56 Å². The van der Waals surface area contributed by atoms with E-state index in [1.807, 2.05) is 0 Å². The fourth-order valence-electron chi connectivity index (χ4n) is 4.48. The number of anilines is 3. The molecule has 1 atom stereocenters. The van der Waals surface area contributed by atoms with Crippen LogP contribution in [0.5, 0.6) is 5.75 Å². The third kappa shape index (κ3) is 3.71. The van der Waals surface area contributed by atoms with E-state index < -0.39 is 40.3 Å². The lowest BCUT2D eigenvalue weighted by Gasteiger charge is -2.24. The molecule has 3 aromatic carbocycles. The molecular weight excluding hydrogens is 497 g/mol. The highest BCUT2D eigenvalue weighted by Gasteiger charge is 2.61. The maximum Gasteiger partial charge on any atom is 0.311 e. The van der Waals surface area contributed by atoms with Crippen molar-refractivity contribution in [2.75, 3.05) is 16.8 Å². The van der Waals surface area contributed by atoms with E-state index in [0.717, 1.165) is 12.1 Å². The van der Waals surface area contributed by atoms with E-state index in [2.05, 4.69) is 5.32 Å². The van der Waals surface area contributed by atoms with Gasteiger partial charge in [-0.1, -0.05) is 36.7 Å². The van der Waals surface area contributed by atoms with Crippen molar-refractivity contribution in [3.63, 3.8) is 0 Å². The number of halogens is 4. The number of ether oxygens (including phenoxy) is 1. The SMILES string of the molecule is CCC(=O)Oc1c(NC(=O)c2c(F)cccc2Cl)cccc1N1C[C@]2(CC2=O)c2ccc(F)c(F)c21. The molecular formula is C26H18ClF3N2O4. The molecule has 184 valence electrons. The Morgan fingerprint density at radius 3 is 2.47 bits per heavy atom. The molecule has 10 heteroatoms. The topological polar surface area (TPSA) is 75.7 Å². The van der Waals surface area contributed by atoms with Gasteiger partial charge in [-0.25, -0.2) is 13.2 Å². The smallest absolute Gasteiger partial charge is 0.311 e. The largest absolute Gasteiger partial charge is 0.422 e. The lowest BCUT2D eigenvalue weighted by Crippen LogP contribution is -2.23. The second-order valence-corrected chi connectivity index (χ2v) is 8.97. The summed E-state index contributed by atoms with van der Waals surface area (Å²) in [6, 6.07) is 10.5. The van der Waals surface area contributed by atoms with E-state index >= 15 is 4.39 Å². The summed E-state index contributed by atoms with van der Waals surface area (Å²) in [4.78, 5) is 38.9. The predicted octanol–water partition coefficient (Wildman–Crippen LogP) is 5.69. The zero-order chi connectivity index (χ0) is 25.8. The summed E-state index contributed by atoms with van der Waals surface area (Å²) in [5, 5.41) is 2.37. The molecule has 1 aliphatic carbocycles. The molecule has 0 aromatic heterocycles. The zero-order valence-corrected chi connectivity index (χ0v) is 19.6. The zero-order valence-electron chi connectivity index (χ0n) is 18.8. The van der Waals surface area contributed by atoms with E-state index in [9.17, 15) is 23.2 Å². The van der Waals surface area contributed by atoms with Crippen molar-refractivity contribution in [3.05, 3.63) is 82.1 Å². The van der Waals surface area contributed by atoms with Crippen molar-refractivity contribution in [1.29, 1.82) is 0 Å². The van der Waals surface area contributed by atoms with Crippen molar-refractivity contribution in [2.24, 2.45) is 0 Å². The van der Waals surface area contributed by atoms with Crippen LogP contribution in [0.3, 0.4) is 0 Å². The summed E-state index contributed by atoms with van der Waals surface area (Å²) in [6.45, 7) is 1.55. The number of hydrogen-bond donors (Lipinski definition) is 1. The predicted molar refractivity (Wildman–Crippen MR) is 126 cm³/mol. The maximum atomic E-state index is 15.1. The Morgan fingerprint density at radius 1 is 1.08 bits per heavy atom. The number of rotatable bonds is 5. The first kappa shape index (κ1) is 23.9. The Balaban J connectivity index is 1.63. The number of nitrogens with zero attached hydrogens (tertiary/aromatic N) is 1. The molecule has 1 saturated carbocycles. The van der Waals surface area contributed by atoms with Crippen LogP contribution in [0.4, 0.5) is 30.2 Å². The Morgan fingerprint density at radius 2 is 1.81 bits per heavy atom. The lowest BCUT2D eigenvalue weighted by molar-refractivity contribution is -0.133. The van der Waals surface area contributed by atoms with Gasteiger partial charge in [-0.15, -0.1) is 0 Å². The molecule has 0 radical (unpaired) electrons. The highest BCUT2D eigenvalue weighted by molar-refractivity contribution is 6.34. The molecule has 0 unspecified atom stereocenters. The van der Waals surface area contributed by atoms with Crippen LogP contribution >= 0.6 is 11.6 Å². The van der Waals surface area contributed by atoms with Crippen LogP contribution in [0.25, 0.3) is 0 Å². The second kappa shape index (κ2) is 8.67. The Labute approximate surface area is 208 Å². The van der Waals surface area contributed by atoms with Gasteiger partial charge in [0.05, 0.1) is 33.1 Å². The van der Waals surface area contributed by atoms with Crippen molar-refractivity contribution in [2.45, 2.75) is 25.2 Å². The molecule has 3 aromatic rings. The first-order valence-electron chi connectivity index (χ1n) is 11.1. The summed E-state index contributed by atoms with van der Waals surface area (Å²) >= 11 is 6.01. The van der Waals surface area contributed by atoms with Crippen molar-refractivity contribution in [3.8, 4) is 5.75 Å². The summed E-state index contributed by atoms with van der Waals surface area (Å²) < 4.78 is 49.1. The minimum absolute atomic E-state index is 0.00520. The van der Waals surface area contributed by atoms with Crippen LogP contribution in [0, 0.1) is 17.5 Å². The van der Waals surface area contributed by atoms with Crippen LogP contribution in [-0.4, -0.2) is 24.2 Å². The normalized spacial score (nSPS) is 17.8. The van der Waals surface area contributed by atoms with Gasteiger partial charge in [0, 0.05) is 19.4 Å². The van der Waals surface area contributed by atoms with E-state index in [1.165, 1.54) is 41.3 Å². The molecule has 36 heavy (non-hydrogen) atoms. The molecule has 1 spiro atoms. The minimum Gasteiger partial charge on any atom is -0.422 e. The molecule has 1 amide bonds. The molecule has 6 nitrogen and oxygen atoms in total. The number of hydrogen-bond acceptors (Lipinski definition) is 5. The first-order chi connectivity index (χ1) is 17.2. The molecule has 1 N–H and O–H groups in total. The highest BCUT2D eigenvalue weighted by atomic mass is 35.5. The number of benzene rings is 3. The van der Waals surface area contributed by atoms with Gasteiger partial charge in [0.15, 0.2) is 17.4 Å². The number of para-hydroxylation sites is 1. The third-order valence-electron chi connectivity index (χ3n) is 6.38. The van der Waals surface area contributed by atoms with E-state index in [4.69, 9.17) is 16.3 Å². The third-order valence-corrected chi connectivity index (χ3v) is 6.70. The van der Waals surface area contributed by atoms with Crippen LogP contribution in [0.15, 0.2) is 48.5 Å². The quantitative estimate of drug-likeness (QED) is 0.350. The molecule has 0 bridgehead atoms. The summed E-state index contributed by atoms with van der Waals surface area (Å²) in [5.74, 6) is -4.97. The number of esters is 1. The fourth-order valence-corrected chi connectivity index (χ4v) is 4.73. The van der Waals surface area contributed by atoms with E-state index in [-0.39, 0.29) is 53.0 Å². The van der Waals surface area contributed by atoms with Crippen molar-refractivity contribution in [1.82, 2.24) is 0 Å². The van der Waals surface area contributed by atoms with Gasteiger partial charge in [-0.2, -0.15) is 0 Å². The van der Waals surface area contributed by atoms with Crippen LogP contribution in [0.2, 0.25) is 5.02 Å². The Kier molecular flexibility index (Phi) is 5.75. The maximum absolute atomic E-state index is 15.1. The summed E-state index contributed by atoms with van der Waals surface area (Å²) in [6.07, 6.45) is 0.136. The van der Waals surface area contributed by atoms with Gasteiger partial charge in [0.2, 0.25) is 0 Å². The van der Waals surface area contributed by atoms with E-state index in [1.54, 1.807) is 6.92 Å². The molecule has 2 aliphatic rings. The minimum atomic E-state index is -1.15. The summed E-state index contributed by atoms with van der Waals surface area (Å²) in [7, 11) is 0. The van der Waals surface area contributed by atoms with Crippen molar-refractivity contribution >= 4 is 46.3 Å². The van der Waals surface area contributed by atoms with Gasteiger partial charge in [-0.3, -0.25) is 14.4 Å². The Hall–Kier alpha value is -3.85. The fraction of sp³-hybridized carbons (Fsp3) is 0.192. The molecule has 1 fully saturated rings. The highest BCUT2D eigenvalue weighted by Crippen LogP contribution is 2.57. The first-order valence-corrected chi connectivity index (χ1v) is 11.4. The lowest BCUT2D eigenvalue weighted by atomic mass is 9.98. The number of Topliss-reactive ketones (excluding diaryl/α,β-unsaturated/α-hetero) is 1. The standard InChI is InChI=1S/C26H18ClF3N2O4/c1-2-20(34)36-24-17(31-25(35)21-14(27)5-3-6-15(21)28)7-4-8-18(24)32-12-26(11-19(26)33)13-9-10-16(29)22(30)23(13)32/h3-10H,2,11-12H2,1H3,(H,31,35)/t26-/m1/s1. The summed E-state index contributed by atoms with van der Waals surface area (Å²) in [5.41, 5.74) is -1.12. The van der Waals surface area contributed by atoms with Gasteiger partial charge in [0.1, 0.15) is 11.6 Å². The molecule has 5 rings (SSSR count). The number of ketones is 1. The van der Waals surface area contributed by atoms with Gasteiger partial charge in [-0.05, 0) is 35.9 Å². The Bertz CT molecular complexity index is 1440. The number of fused-ring (bicyclic) bond motifs is 2. The second-order valence-electron chi connectivity index (χ2n) is 8.56. The average molecular weight is 515 g/mol. The van der Waals surface area contributed by atoms with Crippen LogP contribution in [0.1, 0.15) is 35.7 Å². The van der Waals surface area contributed by atoms with Crippen LogP contribution in [-0.2, 0) is 15.0 Å².